The molecule has 0 spiro atoms. The number of nitrogen functional groups attached to an aromatic ring is 1. The Labute approximate surface area is 118 Å². The van der Waals surface area contributed by atoms with Crippen LogP contribution in [0.3, 0.4) is 0 Å². The van der Waals surface area contributed by atoms with Crippen molar-refractivity contribution >= 4 is 5.82 Å². The van der Waals surface area contributed by atoms with Crippen LogP contribution in [0, 0.1) is 0 Å². The highest BCUT2D eigenvalue weighted by Gasteiger charge is 2.23. The molecule has 0 amide bonds. The monoisotopic (exact) mass is 272 g/mol. The Morgan fingerprint density at radius 1 is 1.40 bits per heavy atom. The lowest BCUT2D eigenvalue weighted by Crippen LogP contribution is -2.22. The van der Waals surface area contributed by atoms with Crippen LogP contribution in [-0.4, -0.2) is 21.6 Å². The fourth-order valence-electron chi connectivity index (χ4n) is 2.85. The molecule has 1 aliphatic rings. The van der Waals surface area contributed by atoms with Crippen molar-refractivity contribution in [2.45, 2.75) is 38.8 Å². The van der Waals surface area contributed by atoms with Gasteiger partial charge in [-0.2, -0.15) is 0 Å². The summed E-state index contributed by atoms with van der Waals surface area (Å²) in [5.41, 5.74) is 9.51. The average Bonchev–Trinajstić information content (AvgIpc) is 2.80. The van der Waals surface area contributed by atoms with Gasteiger partial charge in [0, 0.05) is 0 Å². The number of hydrogen-bond acceptors (Lipinski definition) is 4. The van der Waals surface area contributed by atoms with Crippen LogP contribution in [0.25, 0.3) is 0 Å². The summed E-state index contributed by atoms with van der Waals surface area (Å²) in [7, 11) is 0. The Balaban J connectivity index is 1.90. The number of ether oxygens (including phenoxy) is 1. The van der Waals surface area contributed by atoms with Gasteiger partial charge in [-0.3, -0.25) is 0 Å². The van der Waals surface area contributed by atoms with E-state index in [9.17, 15) is 0 Å². The first-order valence-electron chi connectivity index (χ1n) is 7.05. The van der Waals surface area contributed by atoms with Gasteiger partial charge in [-0.15, -0.1) is 5.10 Å². The first-order valence-corrected chi connectivity index (χ1v) is 7.05. The van der Waals surface area contributed by atoms with E-state index in [-0.39, 0.29) is 6.10 Å². The Bertz CT molecular complexity index is 606. The average molecular weight is 272 g/mol. The first kappa shape index (κ1) is 13.1. The van der Waals surface area contributed by atoms with E-state index in [1.807, 2.05) is 4.68 Å². The molecule has 0 radical (unpaired) electrons. The zero-order valence-electron chi connectivity index (χ0n) is 11.9. The van der Waals surface area contributed by atoms with Gasteiger partial charge in [-0.25, -0.2) is 4.68 Å². The molecule has 5 nitrogen and oxygen atoms in total. The minimum atomic E-state index is 0.0264. The van der Waals surface area contributed by atoms with Gasteiger partial charge in [-0.1, -0.05) is 43.3 Å². The molecule has 0 bridgehead atoms. The number of nitrogens with two attached hydrogens (primary N) is 1. The molecule has 106 valence electrons. The van der Waals surface area contributed by atoms with Crippen LogP contribution in [-0.2, 0) is 17.7 Å². The van der Waals surface area contributed by atoms with Crippen molar-refractivity contribution in [1.29, 1.82) is 0 Å². The van der Waals surface area contributed by atoms with Gasteiger partial charge in [0.1, 0.15) is 6.10 Å². The molecule has 1 aromatic heterocycles. The summed E-state index contributed by atoms with van der Waals surface area (Å²) in [6.07, 6.45) is 1.00. The standard InChI is InChI=1S/C15H20N4O/c1-10(2)14-15(16)17-18-19(14)9-13-12-6-4-3-5-11(12)7-8-20-13/h3-6,10,13H,7-9,16H2,1-2H3. The predicted octanol–water partition coefficient (Wildman–Crippen LogP) is 2.30. The lowest BCUT2D eigenvalue weighted by molar-refractivity contribution is 0.0272. The fourth-order valence-corrected chi connectivity index (χ4v) is 2.85. The summed E-state index contributed by atoms with van der Waals surface area (Å²) in [4.78, 5) is 0. The number of anilines is 1. The minimum absolute atomic E-state index is 0.0264. The maximum Gasteiger partial charge on any atom is 0.169 e. The molecule has 20 heavy (non-hydrogen) atoms. The fraction of sp³-hybridized carbons (Fsp3) is 0.467. The van der Waals surface area contributed by atoms with E-state index in [0.717, 1.165) is 18.7 Å². The van der Waals surface area contributed by atoms with Crippen molar-refractivity contribution in [2.24, 2.45) is 0 Å². The molecular formula is C15H20N4O. The maximum absolute atomic E-state index is 5.92. The van der Waals surface area contributed by atoms with Crippen LogP contribution in [0.15, 0.2) is 24.3 Å². The number of nitrogens with zero attached hydrogens (tertiary/aromatic N) is 3. The second-order valence-electron chi connectivity index (χ2n) is 5.50. The highest BCUT2D eigenvalue weighted by atomic mass is 16.5. The van der Waals surface area contributed by atoms with Crippen molar-refractivity contribution in [3.05, 3.63) is 41.1 Å². The van der Waals surface area contributed by atoms with E-state index in [1.54, 1.807) is 0 Å². The predicted molar refractivity (Wildman–Crippen MR) is 77.4 cm³/mol. The van der Waals surface area contributed by atoms with Crippen LogP contribution < -0.4 is 5.73 Å². The Kier molecular flexibility index (Phi) is 3.44. The van der Waals surface area contributed by atoms with E-state index in [0.29, 0.717) is 18.3 Å². The Morgan fingerprint density at radius 3 is 3.00 bits per heavy atom. The highest BCUT2D eigenvalue weighted by molar-refractivity contribution is 5.36. The number of rotatable bonds is 3. The molecule has 0 saturated carbocycles. The van der Waals surface area contributed by atoms with Crippen molar-refractivity contribution < 1.29 is 4.74 Å². The van der Waals surface area contributed by atoms with Gasteiger partial charge in [0.05, 0.1) is 18.8 Å². The van der Waals surface area contributed by atoms with E-state index in [4.69, 9.17) is 10.5 Å². The molecule has 1 atom stereocenters. The van der Waals surface area contributed by atoms with E-state index in [2.05, 4.69) is 48.4 Å². The molecule has 0 aliphatic carbocycles. The highest BCUT2D eigenvalue weighted by Crippen LogP contribution is 2.29. The van der Waals surface area contributed by atoms with Crippen LogP contribution in [0.2, 0.25) is 0 Å². The van der Waals surface area contributed by atoms with Crippen LogP contribution in [0.4, 0.5) is 5.82 Å². The third kappa shape index (κ3) is 2.29. The van der Waals surface area contributed by atoms with E-state index >= 15 is 0 Å². The summed E-state index contributed by atoms with van der Waals surface area (Å²) in [6, 6.07) is 8.44. The third-order valence-corrected chi connectivity index (χ3v) is 3.78. The number of benzene rings is 1. The SMILES string of the molecule is CC(C)c1c(N)nnn1CC1OCCc2ccccc21. The van der Waals surface area contributed by atoms with Crippen LogP contribution >= 0.6 is 0 Å². The molecule has 1 aliphatic heterocycles. The molecule has 3 rings (SSSR count). The lowest BCUT2D eigenvalue weighted by atomic mass is 9.97. The smallest absolute Gasteiger partial charge is 0.169 e. The Morgan fingerprint density at radius 2 is 2.20 bits per heavy atom. The quantitative estimate of drug-likeness (QED) is 0.931. The van der Waals surface area contributed by atoms with Crippen molar-refractivity contribution in [2.75, 3.05) is 12.3 Å². The number of hydrogen-bond donors (Lipinski definition) is 1. The van der Waals surface area contributed by atoms with Gasteiger partial charge in [-0.05, 0) is 23.5 Å². The summed E-state index contributed by atoms with van der Waals surface area (Å²) >= 11 is 0. The van der Waals surface area contributed by atoms with Crippen molar-refractivity contribution in [3.63, 3.8) is 0 Å². The normalized spacial score (nSPS) is 18.2. The Hall–Kier alpha value is -1.88. The molecule has 0 saturated heterocycles. The maximum atomic E-state index is 5.92. The topological polar surface area (TPSA) is 66.0 Å². The number of aromatic nitrogens is 3. The van der Waals surface area contributed by atoms with E-state index in [1.165, 1.54) is 11.1 Å². The lowest BCUT2D eigenvalue weighted by Gasteiger charge is -2.26. The zero-order valence-corrected chi connectivity index (χ0v) is 11.9. The van der Waals surface area contributed by atoms with Crippen molar-refractivity contribution in [1.82, 2.24) is 15.0 Å². The number of fused-ring (bicyclic) bond motifs is 1. The molecule has 2 aromatic rings. The molecular weight excluding hydrogens is 252 g/mol. The zero-order chi connectivity index (χ0) is 14.1. The molecule has 1 unspecified atom stereocenters. The second-order valence-corrected chi connectivity index (χ2v) is 5.50. The summed E-state index contributed by atoms with van der Waals surface area (Å²) in [5, 5.41) is 8.16. The van der Waals surface area contributed by atoms with Gasteiger partial charge in [0.15, 0.2) is 5.82 Å². The summed E-state index contributed by atoms with van der Waals surface area (Å²) < 4.78 is 7.80. The van der Waals surface area contributed by atoms with Gasteiger partial charge in [0.2, 0.25) is 0 Å². The van der Waals surface area contributed by atoms with Crippen LogP contribution in [0.5, 0.6) is 0 Å². The van der Waals surface area contributed by atoms with Gasteiger partial charge in [0.25, 0.3) is 0 Å². The molecule has 5 heteroatoms. The molecule has 0 fully saturated rings. The van der Waals surface area contributed by atoms with Gasteiger partial charge < -0.3 is 10.5 Å². The third-order valence-electron chi connectivity index (χ3n) is 3.78. The second kappa shape index (κ2) is 5.25. The largest absolute Gasteiger partial charge is 0.381 e. The molecule has 2 N–H and O–H groups in total. The van der Waals surface area contributed by atoms with E-state index < -0.39 is 0 Å². The summed E-state index contributed by atoms with van der Waals surface area (Å²) in [5.74, 6) is 0.813. The molecule has 1 aromatic carbocycles. The van der Waals surface area contributed by atoms with Crippen LogP contribution in [0.1, 0.15) is 42.7 Å². The molecule has 2 heterocycles. The van der Waals surface area contributed by atoms with Crippen molar-refractivity contribution in [3.8, 4) is 0 Å². The first-order chi connectivity index (χ1) is 9.66. The van der Waals surface area contributed by atoms with Gasteiger partial charge >= 0.3 is 0 Å². The summed E-state index contributed by atoms with van der Waals surface area (Å²) in [6.45, 7) is 5.61. The minimum Gasteiger partial charge on any atom is -0.381 e.